The molecule has 0 fully saturated rings. The van der Waals surface area contributed by atoms with E-state index in [1.807, 2.05) is 24.3 Å². The van der Waals surface area contributed by atoms with Gasteiger partial charge >= 0.3 is 0 Å². The molecule has 132 valence electrons. The van der Waals surface area contributed by atoms with Crippen LogP contribution in [0.3, 0.4) is 0 Å². The number of non-ortho nitro benzene ring substituents is 1. The number of amides is 1. The summed E-state index contributed by atoms with van der Waals surface area (Å²) in [4.78, 5) is 23.7. The Kier molecular flexibility index (Phi) is 6.41. The zero-order valence-electron chi connectivity index (χ0n) is 14.3. The normalized spacial score (nSPS) is 10.6. The van der Waals surface area contributed by atoms with Crippen molar-refractivity contribution in [2.24, 2.45) is 0 Å². The number of carbonyl (C=O) groups excluding carboxylic acids is 1. The molecule has 25 heavy (non-hydrogen) atoms. The Morgan fingerprint density at radius 3 is 2.48 bits per heavy atom. The molecule has 0 atom stereocenters. The minimum absolute atomic E-state index is 0.0897. The second-order valence-electron chi connectivity index (χ2n) is 5.68. The number of anilines is 1. The summed E-state index contributed by atoms with van der Waals surface area (Å²) < 4.78 is 5.12. The van der Waals surface area contributed by atoms with Crippen LogP contribution in [-0.2, 0) is 11.2 Å². The molecule has 0 bridgehead atoms. The standard InChI is InChI=1S/C18H20N2O4S/c1-12(2)25-15-7-4-13(5-8-15)10-18(21)19-16-9-6-14(20(22)23)11-17(16)24-3/h4-9,11-12H,10H2,1-3H3,(H,19,21). The van der Waals surface area contributed by atoms with Crippen molar-refractivity contribution in [3.05, 3.63) is 58.1 Å². The van der Waals surface area contributed by atoms with Gasteiger partial charge in [0.05, 0.1) is 30.2 Å². The van der Waals surface area contributed by atoms with Crippen LogP contribution in [0.2, 0.25) is 0 Å². The van der Waals surface area contributed by atoms with E-state index in [0.29, 0.717) is 10.9 Å². The lowest BCUT2D eigenvalue weighted by Gasteiger charge is -2.10. The highest BCUT2D eigenvalue weighted by Crippen LogP contribution is 2.29. The number of nitro groups is 1. The maximum Gasteiger partial charge on any atom is 0.273 e. The Hall–Kier alpha value is -2.54. The van der Waals surface area contributed by atoms with Gasteiger partial charge in [-0.3, -0.25) is 14.9 Å². The van der Waals surface area contributed by atoms with E-state index in [1.54, 1.807) is 11.8 Å². The number of hydrogen-bond acceptors (Lipinski definition) is 5. The third-order valence-corrected chi connectivity index (χ3v) is 4.35. The number of thioether (sulfide) groups is 1. The van der Waals surface area contributed by atoms with Crippen molar-refractivity contribution in [3.8, 4) is 5.75 Å². The number of nitro benzene ring substituents is 1. The summed E-state index contributed by atoms with van der Waals surface area (Å²) >= 11 is 1.77. The van der Waals surface area contributed by atoms with E-state index in [9.17, 15) is 14.9 Å². The molecule has 2 aromatic carbocycles. The fourth-order valence-corrected chi connectivity index (χ4v) is 3.07. The van der Waals surface area contributed by atoms with E-state index >= 15 is 0 Å². The number of hydrogen-bond donors (Lipinski definition) is 1. The zero-order chi connectivity index (χ0) is 18.4. The van der Waals surface area contributed by atoms with Crippen LogP contribution >= 0.6 is 11.8 Å². The van der Waals surface area contributed by atoms with Crippen molar-refractivity contribution < 1.29 is 14.5 Å². The number of ether oxygens (including phenoxy) is 1. The molecule has 0 aromatic heterocycles. The highest BCUT2D eigenvalue weighted by molar-refractivity contribution is 7.99. The van der Waals surface area contributed by atoms with Crippen LogP contribution in [0.1, 0.15) is 19.4 Å². The molecule has 2 rings (SSSR count). The third-order valence-electron chi connectivity index (χ3n) is 3.33. The average molecular weight is 360 g/mol. The number of nitrogens with zero attached hydrogens (tertiary/aromatic N) is 1. The molecule has 6 nitrogen and oxygen atoms in total. The van der Waals surface area contributed by atoms with Crippen LogP contribution < -0.4 is 10.1 Å². The summed E-state index contributed by atoms with van der Waals surface area (Å²) in [5.74, 6) is 0.0441. The lowest BCUT2D eigenvalue weighted by molar-refractivity contribution is -0.384. The Morgan fingerprint density at radius 2 is 1.92 bits per heavy atom. The fourth-order valence-electron chi connectivity index (χ4n) is 2.23. The molecule has 0 aliphatic heterocycles. The molecule has 1 N–H and O–H groups in total. The van der Waals surface area contributed by atoms with Gasteiger partial charge in [-0.1, -0.05) is 26.0 Å². The van der Waals surface area contributed by atoms with Crippen LogP contribution in [0.5, 0.6) is 5.75 Å². The Labute approximate surface area is 150 Å². The van der Waals surface area contributed by atoms with Gasteiger partial charge in [0.1, 0.15) is 5.75 Å². The lowest BCUT2D eigenvalue weighted by atomic mass is 10.1. The van der Waals surface area contributed by atoms with E-state index in [-0.39, 0.29) is 23.8 Å². The van der Waals surface area contributed by atoms with Gasteiger partial charge < -0.3 is 10.1 Å². The smallest absolute Gasteiger partial charge is 0.273 e. The van der Waals surface area contributed by atoms with Gasteiger partial charge in [0, 0.05) is 16.2 Å². The molecule has 0 aliphatic carbocycles. The predicted molar refractivity (Wildman–Crippen MR) is 99.4 cm³/mol. The summed E-state index contributed by atoms with van der Waals surface area (Å²) in [7, 11) is 1.40. The van der Waals surface area contributed by atoms with Crippen LogP contribution in [0.4, 0.5) is 11.4 Å². The van der Waals surface area contributed by atoms with Crippen molar-refractivity contribution in [1.29, 1.82) is 0 Å². The fraction of sp³-hybridized carbons (Fsp3) is 0.278. The number of carbonyl (C=O) groups is 1. The zero-order valence-corrected chi connectivity index (χ0v) is 15.1. The van der Waals surface area contributed by atoms with Gasteiger partial charge in [-0.2, -0.15) is 0 Å². The molecule has 0 radical (unpaired) electrons. The summed E-state index contributed by atoms with van der Waals surface area (Å²) in [6, 6.07) is 11.9. The van der Waals surface area contributed by atoms with Crippen molar-refractivity contribution >= 4 is 29.0 Å². The number of methoxy groups -OCH3 is 1. The second kappa shape index (κ2) is 8.53. The van der Waals surface area contributed by atoms with Crippen molar-refractivity contribution in [2.45, 2.75) is 30.4 Å². The molecule has 1 amide bonds. The minimum Gasteiger partial charge on any atom is -0.494 e. The molecular formula is C18H20N2O4S. The highest BCUT2D eigenvalue weighted by Gasteiger charge is 2.13. The molecule has 0 aliphatic rings. The summed E-state index contributed by atoms with van der Waals surface area (Å²) in [5, 5.41) is 14.0. The molecule has 0 unspecified atom stereocenters. The van der Waals surface area contributed by atoms with E-state index < -0.39 is 4.92 Å². The molecular weight excluding hydrogens is 340 g/mol. The third kappa shape index (κ3) is 5.49. The quantitative estimate of drug-likeness (QED) is 0.453. The van der Waals surface area contributed by atoms with E-state index in [2.05, 4.69) is 19.2 Å². The topological polar surface area (TPSA) is 81.5 Å². The first-order valence-electron chi connectivity index (χ1n) is 7.77. The first-order valence-corrected chi connectivity index (χ1v) is 8.65. The van der Waals surface area contributed by atoms with Gasteiger partial charge in [-0.15, -0.1) is 11.8 Å². The second-order valence-corrected chi connectivity index (χ2v) is 7.33. The first-order chi connectivity index (χ1) is 11.9. The van der Waals surface area contributed by atoms with Gasteiger partial charge in [0.15, 0.2) is 0 Å². The van der Waals surface area contributed by atoms with E-state index in [0.717, 1.165) is 10.5 Å². The minimum atomic E-state index is -0.509. The largest absolute Gasteiger partial charge is 0.494 e. The SMILES string of the molecule is COc1cc([N+](=O)[O-])ccc1NC(=O)Cc1ccc(SC(C)C)cc1. The maximum atomic E-state index is 12.2. The summed E-state index contributed by atoms with van der Waals surface area (Å²) in [5.41, 5.74) is 1.21. The Morgan fingerprint density at radius 1 is 1.24 bits per heavy atom. The monoisotopic (exact) mass is 360 g/mol. The van der Waals surface area contributed by atoms with Gasteiger partial charge in [0.25, 0.3) is 5.69 Å². The number of benzene rings is 2. The Balaban J connectivity index is 2.03. The number of nitrogens with one attached hydrogen (secondary N) is 1. The molecule has 2 aromatic rings. The van der Waals surface area contributed by atoms with Gasteiger partial charge in [0.2, 0.25) is 5.91 Å². The van der Waals surface area contributed by atoms with Crippen molar-refractivity contribution in [3.63, 3.8) is 0 Å². The van der Waals surface area contributed by atoms with Crippen LogP contribution in [0.25, 0.3) is 0 Å². The molecule has 0 saturated heterocycles. The van der Waals surface area contributed by atoms with Gasteiger partial charge in [-0.05, 0) is 23.8 Å². The first kappa shape index (κ1) is 18.8. The average Bonchev–Trinajstić information content (AvgIpc) is 2.56. The van der Waals surface area contributed by atoms with E-state index in [4.69, 9.17) is 4.74 Å². The predicted octanol–water partition coefficient (Wildman–Crippen LogP) is 4.29. The number of rotatable bonds is 7. The van der Waals surface area contributed by atoms with Crippen LogP contribution in [0.15, 0.2) is 47.4 Å². The van der Waals surface area contributed by atoms with Crippen LogP contribution in [-0.4, -0.2) is 23.2 Å². The maximum absolute atomic E-state index is 12.2. The lowest BCUT2D eigenvalue weighted by Crippen LogP contribution is -2.15. The van der Waals surface area contributed by atoms with E-state index in [1.165, 1.54) is 25.3 Å². The summed E-state index contributed by atoms with van der Waals surface area (Å²) in [6.07, 6.45) is 0.215. The highest BCUT2D eigenvalue weighted by atomic mass is 32.2. The summed E-state index contributed by atoms with van der Waals surface area (Å²) in [6.45, 7) is 4.26. The van der Waals surface area contributed by atoms with Gasteiger partial charge in [-0.25, -0.2) is 0 Å². The molecule has 0 heterocycles. The molecule has 0 spiro atoms. The molecule has 0 saturated carbocycles. The van der Waals surface area contributed by atoms with Crippen LogP contribution in [0, 0.1) is 10.1 Å². The Bertz CT molecular complexity index is 760. The van der Waals surface area contributed by atoms with Crippen molar-refractivity contribution in [2.75, 3.05) is 12.4 Å². The molecule has 7 heteroatoms. The van der Waals surface area contributed by atoms with Crippen molar-refractivity contribution in [1.82, 2.24) is 0 Å².